The molecular weight excluding hydrogens is 304 g/mol. The summed E-state index contributed by atoms with van der Waals surface area (Å²) in [6, 6.07) is 9.95. The minimum absolute atomic E-state index is 0.00787. The third-order valence-corrected chi connectivity index (χ3v) is 4.70. The van der Waals surface area contributed by atoms with Gasteiger partial charge in [-0.3, -0.25) is 4.79 Å². The van der Waals surface area contributed by atoms with Gasteiger partial charge in [0.2, 0.25) is 11.8 Å². The summed E-state index contributed by atoms with van der Waals surface area (Å²) in [4.78, 5) is 18.6. The van der Waals surface area contributed by atoms with E-state index in [1.54, 1.807) is 0 Å². The second-order valence-corrected chi connectivity index (χ2v) is 6.24. The molecule has 0 spiro atoms. The molecule has 1 aromatic heterocycles. The summed E-state index contributed by atoms with van der Waals surface area (Å²) in [6.07, 6.45) is 2.34. The fraction of sp³-hybridized carbons (Fsp3) is 0.389. The maximum absolute atomic E-state index is 11.7. The Morgan fingerprint density at radius 1 is 1.33 bits per heavy atom. The van der Waals surface area contributed by atoms with E-state index in [4.69, 9.17) is 4.42 Å². The van der Waals surface area contributed by atoms with E-state index in [1.165, 1.54) is 0 Å². The molecule has 0 bridgehead atoms. The lowest BCUT2D eigenvalue weighted by Crippen LogP contribution is -2.43. The molecule has 0 saturated carbocycles. The minimum Gasteiger partial charge on any atom is -0.439 e. The Balaban J connectivity index is 1.54. The van der Waals surface area contributed by atoms with Crippen LogP contribution in [0, 0.1) is 5.92 Å². The number of amidine groups is 1. The number of carbonyl (C=O) groups excluding carboxylic acids is 1. The topological polar surface area (TPSA) is 70.7 Å². The first-order valence-corrected chi connectivity index (χ1v) is 8.40. The Morgan fingerprint density at radius 2 is 2.17 bits per heavy atom. The van der Waals surface area contributed by atoms with Crippen LogP contribution in [0.4, 0.5) is 0 Å². The van der Waals surface area contributed by atoms with Crippen LogP contribution in [0.1, 0.15) is 31.2 Å². The van der Waals surface area contributed by atoms with Gasteiger partial charge in [0, 0.05) is 30.9 Å². The van der Waals surface area contributed by atoms with Crippen LogP contribution in [0.25, 0.3) is 11.5 Å². The van der Waals surface area contributed by atoms with Crippen molar-refractivity contribution < 1.29 is 9.21 Å². The molecule has 2 aromatic rings. The van der Waals surface area contributed by atoms with Crippen molar-refractivity contribution in [1.82, 2.24) is 15.3 Å². The Bertz CT molecular complexity index is 782. The van der Waals surface area contributed by atoms with Crippen LogP contribution in [-0.2, 0) is 17.8 Å². The molecule has 24 heavy (non-hydrogen) atoms. The zero-order valence-electron chi connectivity index (χ0n) is 13.7. The third-order valence-electron chi connectivity index (χ3n) is 4.70. The summed E-state index contributed by atoms with van der Waals surface area (Å²) in [5.74, 6) is 2.53. The van der Waals surface area contributed by atoms with E-state index in [0.29, 0.717) is 18.9 Å². The van der Waals surface area contributed by atoms with Gasteiger partial charge in [-0.25, -0.2) is 10.4 Å². The Morgan fingerprint density at radius 3 is 2.96 bits per heavy atom. The monoisotopic (exact) mass is 324 g/mol. The SMILES string of the molecule is CCC1CC(N2CCc3nc(-c4ccccc4)oc3C2)=NNC1=O. The largest absolute Gasteiger partial charge is 0.439 e. The van der Waals surface area contributed by atoms with Crippen molar-refractivity contribution >= 4 is 11.7 Å². The lowest BCUT2D eigenvalue weighted by molar-refractivity contribution is -0.125. The van der Waals surface area contributed by atoms with E-state index < -0.39 is 0 Å². The van der Waals surface area contributed by atoms with E-state index in [9.17, 15) is 4.79 Å². The smallest absolute Gasteiger partial charge is 0.243 e. The normalized spacial score (nSPS) is 20.4. The molecule has 0 aliphatic carbocycles. The van der Waals surface area contributed by atoms with Gasteiger partial charge in [-0.05, 0) is 18.6 Å². The maximum atomic E-state index is 11.7. The number of hydrazone groups is 1. The number of aromatic nitrogens is 1. The number of fused-ring (bicyclic) bond motifs is 1. The Hall–Kier alpha value is -2.63. The quantitative estimate of drug-likeness (QED) is 0.921. The van der Waals surface area contributed by atoms with Crippen molar-refractivity contribution in [2.24, 2.45) is 11.0 Å². The summed E-state index contributed by atoms with van der Waals surface area (Å²) < 4.78 is 5.99. The van der Waals surface area contributed by atoms with Gasteiger partial charge in [0.15, 0.2) is 0 Å². The molecule has 1 unspecified atom stereocenters. The van der Waals surface area contributed by atoms with Crippen molar-refractivity contribution in [3.05, 3.63) is 41.8 Å². The molecule has 0 radical (unpaired) electrons. The molecule has 1 amide bonds. The number of benzene rings is 1. The fourth-order valence-electron chi connectivity index (χ4n) is 3.22. The number of nitrogens with one attached hydrogen (secondary N) is 1. The molecule has 124 valence electrons. The number of hydrogen-bond acceptors (Lipinski definition) is 5. The number of amides is 1. The summed E-state index contributed by atoms with van der Waals surface area (Å²) in [6.45, 7) is 3.53. The van der Waals surface area contributed by atoms with Gasteiger partial charge in [0.1, 0.15) is 11.6 Å². The minimum atomic E-state index is 0.00787. The standard InChI is InChI=1S/C18H20N4O2/c1-2-12-10-16(20-21-17(12)23)22-9-8-14-15(11-22)24-18(19-14)13-6-4-3-5-7-13/h3-7,12H,2,8-11H2,1H3,(H,21,23). The van der Waals surface area contributed by atoms with Gasteiger partial charge < -0.3 is 9.32 Å². The average Bonchev–Trinajstić information content (AvgIpc) is 3.06. The van der Waals surface area contributed by atoms with Gasteiger partial charge in [-0.1, -0.05) is 25.1 Å². The van der Waals surface area contributed by atoms with Crippen LogP contribution >= 0.6 is 0 Å². The number of oxazole rings is 1. The van der Waals surface area contributed by atoms with E-state index in [1.807, 2.05) is 37.3 Å². The highest BCUT2D eigenvalue weighted by atomic mass is 16.4. The van der Waals surface area contributed by atoms with Gasteiger partial charge in [0.25, 0.3) is 0 Å². The molecule has 2 aliphatic heterocycles. The molecule has 0 fully saturated rings. The molecule has 1 N–H and O–H groups in total. The van der Waals surface area contributed by atoms with Crippen molar-refractivity contribution in [2.75, 3.05) is 6.54 Å². The summed E-state index contributed by atoms with van der Waals surface area (Å²) in [7, 11) is 0. The first-order valence-electron chi connectivity index (χ1n) is 8.40. The lowest BCUT2D eigenvalue weighted by atomic mass is 9.98. The van der Waals surface area contributed by atoms with E-state index in [-0.39, 0.29) is 11.8 Å². The van der Waals surface area contributed by atoms with Gasteiger partial charge in [-0.15, -0.1) is 0 Å². The zero-order chi connectivity index (χ0) is 16.5. The summed E-state index contributed by atoms with van der Waals surface area (Å²) in [5, 5.41) is 4.25. The van der Waals surface area contributed by atoms with Crippen LogP contribution in [-0.4, -0.2) is 28.2 Å². The lowest BCUT2D eigenvalue weighted by Gasteiger charge is -2.31. The predicted octanol–water partition coefficient (Wildman–Crippen LogP) is 2.56. The Labute approximate surface area is 140 Å². The van der Waals surface area contributed by atoms with Crippen molar-refractivity contribution in [3.63, 3.8) is 0 Å². The van der Waals surface area contributed by atoms with Crippen LogP contribution < -0.4 is 5.43 Å². The maximum Gasteiger partial charge on any atom is 0.243 e. The van der Waals surface area contributed by atoms with Crippen LogP contribution in [0.15, 0.2) is 39.9 Å². The van der Waals surface area contributed by atoms with E-state index in [2.05, 4.69) is 20.4 Å². The molecule has 6 nitrogen and oxygen atoms in total. The number of rotatable bonds is 2. The zero-order valence-corrected chi connectivity index (χ0v) is 13.7. The van der Waals surface area contributed by atoms with Gasteiger partial charge >= 0.3 is 0 Å². The van der Waals surface area contributed by atoms with E-state index in [0.717, 1.165) is 42.2 Å². The summed E-state index contributed by atoms with van der Waals surface area (Å²) in [5.41, 5.74) is 4.66. The molecule has 0 saturated heterocycles. The second-order valence-electron chi connectivity index (χ2n) is 6.24. The first kappa shape index (κ1) is 14.9. The van der Waals surface area contributed by atoms with Crippen molar-refractivity contribution in [3.8, 4) is 11.5 Å². The molecule has 1 atom stereocenters. The molecule has 2 aliphatic rings. The molecule has 1 aromatic carbocycles. The fourth-order valence-corrected chi connectivity index (χ4v) is 3.22. The molecule has 6 heteroatoms. The van der Waals surface area contributed by atoms with Gasteiger partial charge in [0.05, 0.1) is 12.2 Å². The summed E-state index contributed by atoms with van der Waals surface area (Å²) >= 11 is 0. The highest BCUT2D eigenvalue weighted by Crippen LogP contribution is 2.27. The molecule has 3 heterocycles. The first-order chi connectivity index (χ1) is 11.7. The predicted molar refractivity (Wildman–Crippen MR) is 90.0 cm³/mol. The molecule has 4 rings (SSSR count). The van der Waals surface area contributed by atoms with E-state index >= 15 is 0 Å². The Kier molecular flexibility index (Phi) is 3.80. The highest BCUT2D eigenvalue weighted by Gasteiger charge is 2.30. The molecular formula is C18H20N4O2. The number of hydrogen-bond donors (Lipinski definition) is 1. The second kappa shape index (κ2) is 6.11. The number of carbonyl (C=O) groups is 1. The van der Waals surface area contributed by atoms with Crippen molar-refractivity contribution in [2.45, 2.75) is 32.7 Å². The van der Waals surface area contributed by atoms with Crippen LogP contribution in [0.3, 0.4) is 0 Å². The van der Waals surface area contributed by atoms with Gasteiger partial charge in [-0.2, -0.15) is 5.10 Å². The van der Waals surface area contributed by atoms with Crippen LogP contribution in [0.2, 0.25) is 0 Å². The number of nitrogens with zero attached hydrogens (tertiary/aromatic N) is 3. The highest BCUT2D eigenvalue weighted by molar-refractivity contribution is 5.92. The van der Waals surface area contributed by atoms with Crippen molar-refractivity contribution in [1.29, 1.82) is 0 Å². The third kappa shape index (κ3) is 2.68. The average molecular weight is 324 g/mol. The van der Waals surface area contributed by atoms with Crippen LogP contribution in [0.5, 0.6) is 0 Å².